The Balaban J connectivity index is 10.7. The van der Waals surface area contributed by atoms with Crippen LogP contribution >= 0.6 is 0 Å². The Labute approximate surface area is 459 Å². The predicted molar refractivity (Wildman–Crippen MR) is 207 cm³/mol. The van der Waals surface area contributed by atoms with Crippen molar-refractivity contribution in [2.24, 2.45) is 0 Å². The molecular formula is C41H36O43-10. The number of aliphatic hydroxyl groups is 6. The average molecular weight is 1220 g/mol. The summed E-state index contributed by atoms with van der Waals surface area (Å²) in [7, 11) is 0. The highest BCUT2D eigenvalue weighted by atomic mass is 16.9. The normalized spacial score (nSPS) is 17.1. The molecule has 0 rings (SSSR count). The van der Waals surface area contributed by atoms with Crippen LogP contribution in [-0.4, -0.2) is 206 Å². The van der Waals surface area contributed by atoms with E-state index in [1.54, 1.807) is 0 Å². The molecule has 7 atom stereocenters. The van der Waals surface area contributed by atoms with E-state index in [2.05, 4.69) is 28.4 Å². The van der Waals surface area contributed by atoms with Gasteiger partial charge in [-0.05, 0) is 6.92 Å². The molecule has 8 N–H and O–H groups in total. The van der Waals surface area contributed by atoms with Crippen LogP contribution in [0.15, 0.2) is 0 Å². The van der Waals surface area contributed by atoms with Gasteiger partial charge in [0.1, 0.15) is 28.0 Å². The van der Waals surface area contributed by atoms with Crippen LogP contribution in [0, 0.1) is 0 Å². The largest absolute Gasteiger partial charge is 0.550 e. The number of hydrogen-bond acceptors (Lipinski definition) is 41. The van der Waals surface area contributed by atoms with Gasteiger partial charge < -0.3 is 168 Å². The van der Waals surface area contributed by atoms with Crippen LogP contribution in [0.25, 0.3) is 0 Å². The van der Waals surface area contributed by atoms with Gasteiger partial charge in [0, 0.05) is 62.0 Å². The molecule has 0 aromatic carbocycles. The summed E-state index contributed by atoms with van der Waals surface area (Å²) in [6.45, 7) is -0.287. The summed E-state index contributed by atoms with van der Waals surface area (Å²) in [4.78, 5) is 240. The van der Waals surface area contributed by atoms with Gasteiger partial charge in [0.15, 0.2) is 11.4 Å². The van der Waals surface area contributed by atoms with E-state index in [4.69, 9.17) is 0 Å². The maximum Gasteiger partial charge on any atom is 0.511 e. The van der Waals surface area contributed by atoms with Crippen molar-refractivity contribution in [3.05, 3.63) is 0 Å². The van der Waals surface area contributed by atoms with E-state index in [-0.39, 0.29) is 6.92 Å². The molecule has 43 nitrogen and oxygen atoms in total. The topological polar surface area (TPSA) is 772 Å². The summed E-state index contributed by atoms with van der Waals surface area (Å²) < 4.78 is 27.5. The van der Waals surface area contributed by atoms with Crippen LogP contribution in [0.5, 0.6) is 0 Å². The van der Waals surface area contributed by atoms with Crippen LogP contribution in [0.2, 0.25) is 0 Å². The van der Waals surface area contributed by atoms with Crippen LogP contribution < -0.4 is 51.1 Å². The lowest BCUT2D eigenvalue weighted by atomic mass is 9.93. The Morgan fingerprint density at radius 1 is 0.321 bits per heavy atom. The molecule has 0 spiro atoms. The summed E-state index contributed by atoms with van der Waals surface area (Å²) >= 11 is 0. The monoisotopic (exact) mass is 1220 g/mol. The van der Waals surface area contributed by atoms with Gasteiger partial charge in [-0.15, -0.1) is 0 Å². The highest BCUT2D eigenvalue weighted by Crippen LogP contribution is 2.44. The molecule has 0 radical (unpaired) electrons. The molecule has 0 aliphatic heterocycles. The number of rotatable bonds is 39. The second-order valence-electron chi connectivity index (χ2n) is 17.4. The maximum absolute atomic E-state index is 14.2. The molecule has 7 unspecified atom stereocenters. The zero-order chi connectivity index (χ0) is 66.3. The Bertz CT molecular complexity index is 2560. The second kappa shape index (κ2) is 28.0. The summed E-state index contributed by atoms with van der Waals surface area (Å²) in [6, 6.07) is 0. The zero-order valence-corrected chi connectivity index (χ0v) is 41.4. The van der Waals surface area contributed by atoms with E-state index in [0.29, 0.717) is 0 Å². The Hall–Kier alpha value is -10.1. The minimum Gasteiger partial charge on any atom is -0.550 e. The molecule has 0 aliphatic carbocycles. The summed E-state index contributed by atoms with van der Waals surface area (Å²) in [5.74, 6) is -70.1. The summed E-state index contributed by atoms with van der Waals surface area (Å²) in [5, 5.41) is 201. The third-order valence-electron chi connectivity index (χ3n) is 10.2. The van der Waals surface area contributed by atoms with Crippen LogP contribution in [-0.2, 0) is 120 Å². The molecule has 43 heteroatoms. The minimum atomic E-state index is -6.27. The first-order chi connectivity index (χ1) is 37.8. The van der Waals surface area contributed by atoms with Gasteiger partial charge in [-0.1, -0.05) is 0 Å². The quantitative estimate of drug-likeness (QED) is 0.0161. The molecule has 468 valence electrons. The number of carbonyl (C=O) groups excluding carboxylic acids is 17. The molecule has 0 amide bonds. The number of carboxylic acids is 12. The van der Waals surface area contributed by atoms with Gasteiger partial charge in [0.05, 0.1) is 74.8 Å². The molecule has 0 saturated carbocycles. The Morgan fingerprint density at radius 2 is 0.536 bits per heavy atom. The summed E-state index contributed by atoms with van der Waals surface area (Å²) in [6.07, 6.45) is -36.8. The smallest absolute Gasteiger partial charge is 0.511 e. The van der Waals surface area contributed by atoms with E-state index >= 15 is 0 Å². The number of ether oxygens (including phenoxy) is 6. The van der Waals surface area contributed by atoms with Crippen molar-refractivity contribution in [3.63, 3.8) is 0 Å². The van der Waals surface area contributed by atoms with Crippen LogP contribution in [0.3, 0.4) is 0 Å². The van der Waals surface area contributed by atoms with Crippen molar-refractivity contribution in [1.82, 2.24) is 0 Å². The molecule has 0 aromatic heterocycles. The van der Waals surface area contributed by atoms with Gasteiger partial charge in [-0.2, -0.15) is 0 Å². The van der Waals surface area contributed by atoms with E-state index in [1.807, 2.05) is 0 Å². The number of carboxylic acid groups (broad SMARTS) is 12. The molecule has 0 aliphatic rings. The van der Waals surface area contributed by atoms with Gasteiger partial charge in [0.2, 0.25) is 6.10 Å². The lowest BCUT2D eigenvalue weighted by molar-refractivity contribution is -0.454. The van der Waals surface area contributed by atoms with Crippen molar-refractivity contribution in [2.45, 2.75) is 135 Å². The number of ketones is 1. The number of Topliss-reactive ketones (excluding diaryl/α,β-unsaturated/α-hetero) is 1. The van der Waals surface area contributed by atoms with Crippen LogP contribution in [0.4, 0.5) is 0 Å². The van der Waals surface area contributed by atoms with Gasteiger partial charge in [-0.3, -0.25) is 38.4 Å². The van der Waals surface area contributed by atoms with Crippen molar-refractivity contribution in [1.29, 1.82) is 0 Å². The van der Waals surface area contributed by atoms with E-state index in [9.17, 15) is 183 Å². The fraction of sp³-hybridized carbons (Fsp3) is 0.537. The first-order valence-corrected chi connectivity index (χ1v) is 21.5. The van der Waals surface area contributed by atoms with E-state index in [0.717, 1.165) is 0 Å². The highest BCUT2D eigenvalue weighted by molar-refractivity contribution is 5.94. The fourth-order valence-electron chi connectivity index (χ4n) is 6.38. The van der Waals surface area contributed by atoms with Gasteiger partial charge in [-0.25, -0.2) is 4.79 Å². The van der Waals surface area contributed by atoms with Crippen molar-refractivity contribution in [2.75, 3.05) is 0 Å². The first-order valence-electron chi connectivity index (χ1n) is 21.5. The molecule has 0 saturated heterocycles. The molecular weight excluding hydrogens is 1180 g/mol. The molecule has 0 fully saturated rings. The van der Waals surface area contributed by atoms with Crippen molar-refractivity contribution in [3.8, 4) is 0 Å². The highest BCUT2D eigenvalue weighted by Gasteiger charge is 2.77. The van der Waals surface area contributed by atoms with Gasteiger partial charge in [0.25, 0.3) is 0 Å². The lowest BCUT2D eigenvalue weighted by Gasteiger charge is -2.46. The fourth-order valence-corrected chi connectivity index (χ4v) is 6.38. The minimum absolute atomic E-state index is 0.287. The van der Waals surface area contributed by atoms with Crippen molar-refractivity contribution < 1.29 is 211 Å². The third kappa shape index (κ3) is 20.2. The molecule has 0 bridgehead atoms. The van der Waals surface area contributed by atoms with Crippen LogP contribution in [0.1, 0.15) is 84.0 Å². The van der Waals surface area contributed by atoms with E-state index in [1.165, 1.54) is 0 Å². The second-order valence-corrected chi connectivity index (χ2v) is 17.4. The molecule has 84 heavy (non-hydrogen) atoms. The average Bonchev–Trinajstić information content (AvgIpc) is 3.25. The lowest BCUT2D eigenvalue weighted by Crippen LogP contribution is -2.73. The predicted octanol–water partition coefficient (Wildman–Crippen LogP) is -21.7. The SMILES string of the molecule is CC(=O)C(OC(=O)CC(O)(CC(=O)O)C(=O)O)C(OC(=O)CC(O)(CC(=O)[O-])C(=O)[O-])(OC(=O)CC(O)(CC(=O)[O-])C(=O)[O-])C(OC(=O)CC(O)(CC(=O)[O-])C(=O)[O-])(OC(=O)CC(O)(CC(=O)[O-])C(=O)[O-])OC(=O)CC(O)(CC(=O)[O-])C(=O)[O-]. The van der Waals surface area contributed by atoms with Gasteiger partial charge >= 0.3 is 59.5 Å². The zero-order valence-electron chi connectivity index (χ0n) is 41.4. The standard InChI is InChI=1S/C41H46O43/c1-14(42)27(79-21(55)8-34(73,28(61)62)2-15(43)44)40(80-22(56)9-35(74,29(63)64)3-16(45)46,81-23(57)10-36(75,30(65)66)4-17(47)48)41(82-24(58)11-37(76,31(67)68)5-18(49)50,83-25(59)12-38(77,32(69)70)6-19(51)52)84-26(60)13-39(78,33(71)72)7-20(53)54/h27,73-78H,2-13H2,1H3,(H,43,44)(H,45,46)(H,47,48)(H,49,50)(H,51,52)(H,53,54)(H,61,62)(H,63,64)(H,65,66)(H,67,68)(H,69,70)(H,71,72)/p-10. The summed E-state index contributed by atoms with van der Waals surface area (Å²) in [5.41, 5.74) is -26.9. The first kappa shape index (κ1) is 73.9. The number of esters is 6. The molecule has 0 aromatic rings. The molecule has 0 heterocycles. The number of hydrogen-bond donors (Lipinski definition) is 8. The Kier molecular flexibility index (Phi) is 24.7. The van der Waals surface area contributed by atoms with Crippen molar-refractivity contribution >= 4 is 113 Å². The van der Waals surface area contributed by atoms with E-state index < -0.39 is 242 Å². The number of aliphatic carboxylic acids is 12. The maximum atomic E-state index is 14.2. The number of carbonyl (C=O) groups is 19. The Morgan fingerprint density at radius 3 is 0.714 bits per heavy atom. The third-order valence-corrected chi connectivity index (χ3v) is 10.2.